The highest BCUT2D eigenvalue weighted by molar-refractivity contribution is 6.04. The lowest BCUT2D eigenvalue weighted by molar-refractivity contribution is -0.147. The van der Waals surface area contributed by atoms with E-state index in [1.807, 2.05) is 49.4 Å². The maximum atomic E-state index is 12.8. The molecule has 1 unspecified atom stereocenters. The van der Waals surface area contributed by atoms with E-state index in [1.54, 1.807) is 38.2 Å². The van der Waals surface area contributed by atoms with Crippen LogP contribution in [0.2, 0.25) is 0 Å². The first kappa shape index (κ1) is 19.6. The molecule has 138 valence electrons. The predicted octanol–water partition coefficient (Wildman–Crippen LogP) is 2.99. The zero-order valence-corrected chi connectivity index (χ0v) is 15.9. The molecule has 1 aromatic carbocycles. The molecule has 0 radical (unpaired) electrons. The summed E-state index contributed by atoms with van der Waals surface area (Å²) < 4.78 is 0. The maximum Gasteiger partial charge on any atom is 0.237 e. The van der Waals surface area contributed by atoms with Gasteiger partial charge in [0.15, 0.2) is 0 Å². The molecule has 0 bridgehead atoms. The van der Waals surface area contributed by atoms with Gasteiger partial charge in [0.1, 0.15) is 5.41 Å². The summed E-state index contributed by atoms with van der Waals surface area (Å²) in [5.74, 6) is -0.459. The van der Waals surface area contributed by atoms with Gasteiger partial charge in [-0.15, -0.1) is 0 Å². The van der Waals surface area contributed by atoms with E-state index in [1.165, 1.54) is 0 Å². The second kappa shape index (κ2) is 8.61. The number of nitrogens with one attached hydrogen (secondary N) is 1. The van der Waals surface area contributed by atoms with Crippen molar-refractivity contribution in [3.8, 4) is 0 Å². The summed E-state index contributed by atoms with van der Waals surface area (Å²) >= 11 is 0. The number of benzene rings is 1. The molecule has 1 aromatic heterocycles. The first-order chi connectivity index (χ1) is 12.3. The fourth-order valence-corrected chi connectivity index (χ4v) is 2.72. The summed E-state index contributed by atoms with van der Waals surface area (Å²) in [6.07, 6.45) is 4.20. The number of carbonyl (C=O) groups excluding carboxylic acids is 2. The third-order valence-electron chi connectivity index (χ3n) is 4.58. The van der Waals surface area contributed by atoms with E-state index in [2.05, 4.69) is 10.3 Å². The van der Waals surface area contributed by atoms with E-state index < -0.39 is 5.41 Å². The lowest BCUT2D eigenvalue weighted by atomic mass is 9.89. The maximum absolute atomic E-state index is 12.8. The molecule has 0 fully saturated rings. The van der Waals surface area contributed by atoms with Crippen molar-refractivity contribution in [1.29, 1.82) is 0 Å². The normalized spacial score (nSPS) is 12.3. The number of aromatic nitrogens is 1. The summed E-state index contributed by atoms with van der Waals surface area (Å²) in [4.78, 5) is 31.1. The second-order valence-electron chi connectivity index (χ2n) is 7.06. The van der Waals surface area contributed by atoms with Crippen LogP contribution < -0.4 is 5.32 Å². The van der Waals surface area contributed by atoms with Crippen LogP contribution in [0.1, 0.15) is 37.9 Å². The van der Waals surface area contributed by atoms with Crippen molar-refractivity contribution in [2.45, 2.75) is 33.2 Å². The molecule has 0 aliphatic heterocycles. The second-order valence-corrected chi connectivity index (χ2v) is 7.06. The first-order valence-electron chi connectivity index (χ1n) is 8.82. The number of amides is 2. The molecule has 0 saturated carbocycles. The summed E-state index contributed by atoms with van der Waals surface area (Å²) in [6, 6.07) is 13.4. The van der Waals surface area contributed by atoms with E-state index >= 15 is 0 Å². The number of likely N-dealkylation sites (N-methyl/N-ethyl adjacent to an activating group) is 1. The minimum absolute atomic E-state index is 0.155. The Labute approximate surface area is 155 Å². The molecule has 0 spiro atoms. The molecular weight excluding hydrogens is 326 g/mol. The highest BCUT2D eigenvalue weighted by atomic mass is 16.2. The largest absolute Gasteiger partial charge is 0.349 e. The van der Waals surface area contributed by atoms with Crippen LogP contribution in [0, 0.1) is 5.41 Å². The van der Waals surface area contributed by atoms with E-state index in [4.69, 9.17) is 0 Å². The monoisotopic (exact) mass is 353 g/mol. The van der Waals surface area contributed by atoms with Crippen molar-refractivity contribution >= 4 is 11.8 Å². The third-order valence-corrected chi connectivity index (χ3v) is 4.58. The van der Waals surface area contributed by atoms with E-state index in [0.29, 0.717) is 6.54 Å². The molecular formula is C21H27N3O2. The molecule has 26 heavy (non-hydrogen) atoms. The summed E-state index contributed by atoms with van der Waals surface area (Å²) in [6.45, 7) is 5.81. The SMILES string of the molecule is CC(NC(=O)C(C)(C)C(=O)N(C)CCc1ccncc1)c1ccccc1. The van der Waals surface area contributed by atoms with Crippen molar-refractivity contribution < 1.29 is 9.59 Å². The smallest absolute Gasteiger partial charge is 0.237 e. The number of pyridine rings is 1. The fraction of sp³-hybridized carbons (Fsp3) is 0.381. The summed E-state index contributed by atoms with van der Waals surface area (Å²) in [5, 5.41) is 2.95. The Morgan fingerprint density at radius 2 is 1.73 bits per heavy atom. The standard InChI is InChI=1S/C21H27N3O2/c1-16(18-8-6-5-7-9-18)23-19(25)21(2,3)20(26)24(4)15-12-17-10-13-22-14-11-17/h5-11,13-14,16H,12,15H2,1-4H3,(H,23,25). The average Bonchev–Trinajstić information content (AvgIpc) is 2.66. The third kappa shape index (κ3) is 4.91. The highest BCUT2D eigenvalue weighted by Gasteiger charge is 2.38. The minimum atomic E-state index is -1.13. The molecule has 1 atom stereocenters. The molecule has 5 nitrogen and oxygen atoms in total. The molecule has 2 amide bonds. The summed E-state index contributed by atoms with van der Waals surface area (Å²) in [7, 11) is 1.74. The predicted molar refractivity (Wildman–Crippen MR) is 102 cm³/mol. The van der Waals surface area contributed by atoms with Crippen molar-refractivity contribution in [3.05, 3.63) is 66.0 Å². The Bertz CT molecular complexity index is 729. The van der Waals surface area contributed by atoms with Crippen LogP contribution in [0.25, 0.3) is 0 Å². The first-order valence-corrected chi connectivity index (χ1v) is 8.82. The molecule has 1 heterocycles. The van der Waals surface area contributed by atoms with Crippen LogP contribution in [-0.4, -0.2) is 35.3 Å². The van der Waals surface area contributed by atoms with Crippen LogP contribution in [0.5, 0.6) is 0 Å². The van der Waals surface area contributed by atoms with Crippen molar-refractivity contribution in [1.82, 2.24) is 15.2 Å². The Kier molecular flexibility index (Phi) is 6.50. The van der Waals surface area contributed by atoms with E-state index in [9.17, 15) is 9.59 Å². The Hall–Kier alpha value is -2.69. The van der Waals surface area contributed by atoms with Crippen LogP contribution in [-0.2, 0) is 16.0 Å². The van der Waals surface area contributed by atoms with Gasteiger partial charge in [-0.25, -0.2) is 0 Å². The lowest BCUT2D eigenvalue weighted by Gasteiger charge is -2.29. The average molecular weight is 353 g/mol. The van der Waals surface area contributed by atoms with Gasteiger partial charge in [0, 0.05) is 26.0 Å². The number of nitrogens with zero attached hydrogens (tertiary/aromatic N) is 2. The minimum Gasteiger partial charge on any atom is -0.349 e. The summed E-state index contributed by atoms with van der Waals surface area (Å²) in [5.41, 5.74) is 0.991. The topological polar surface area (TPSA) is 62.3 Å². The molecule has 2 rings (SSSR count). The van der Waals surface area contributed by atoms with E-state index in [-0.39, 0.29) is 17.9 Å². The molecule has 0 aliphatic rings. The van der Waals surface area contributed by atoms with Gasteiger partial charge in [-0.2, -0.15) is 0 Å². The van der Waals surface area contributed by atoms with Gasteiger partial charge in [-0.1, -0.05) is 30.3 Å². The van der Waals surface area contributed by atoms with Gasteiger partial charge < -0.3 is 10.2 Å². The van der Waals surface area contributed by atoms with Crippen LogP contribution in [0.4, 0.5) is 0 Å². The quantitative estimate of drug-likeness (QED) is 0.779. The fourth-order valence-electron chi connectivity index (χ4n) is 2.72. The molecule has 5 heteroatoms. The van der Waals surface area contributed by atoms with Gasteiger partial charge in [-0.3, -0.25) is 14.6 Å². The number of hydrogen-bond acceptors (Lipinski definition) is 3. The molecule has 0 aliphatic carbocycles. The van der Waals surface area contributed by atoms with Gasteiger partial charge in [0.25, 0.3) is 0 Å². The van der Waals surface area contributed by atoms with Crippen LogP contribution in [0.3, 0.4) is 0 Å². The van der Waals surface area contributed by atoms with Gasteiger partial charge in [0.05, 0.1) is 6.04 Å². The zero-order valence-electron chi connectivity index (χ0n) is 15.9. The van der Waals surface area contributed by atoms with Gasteiger partial charge >= 0.3 is 0 Å². The number of rotatable bonds is 7. The van der Waals surface area contributed by atoms with Crippen LogP contribution >= 0.6 is 0 Å². The van der Waals surface area contributed by atoms with Crippen molar-refractivity contribution in [2.75, 3.05) is 13.6 Å². The molecule has 1 N–H and O–H groups in total. The Balaban J connectivity index is 1.95. The molecule has 2 aromatic rings. The van der Waals surface area contributed by atoms with Crippen molar-refractivity contribution in [3.63, 3.8) is 0 Å². The van der Waals surface area contributed by atoms with Gasteiger partial charge in [0.2, 0.25) is 11.8 Å². The van der Waals surface area contributed by atoms with Gasteiger partial charge in [-0.05, 0) is 50.5 Å². The van der Waals surface area contributed by atoms with E-state index in [0.717, 1.165) is 17.5 Å². The Morgan fingerprint density at radius 1 is 1.12 bits per heavy atom. The number of hydrogen-bond donors (Lipinski definition) is 1. The zero-order chi connectivity index (χ0) is 19.2. The lowest BCUT2D eigenvalue weighted by Crippen LogP contribution is -2.49. The number of carbonyl (C=O) groups is 2. The van der Waals surface area contributed by atoms with Crippen molar-refractivity contribution in [2.24, 2.45) is 5.41 Å². The Morgan fingerprint density at radius 3 is 2.35 bits per heavy atom. The highest BCUT2D eigenvalue weighted by Crippen LogP contribution is 2.21. The molecule has 0 saturated heterocycles. The van der Waals surface area contributed by atoms with Crippen LogP contribution in [0.15, 0.2) is 54.9 Å².